The smallest absolute Gasteiger partial charge is 0.100 e. The van der Waals surface area contributed by atoms with Gasteiger partial charge in [0, 0.05) is 0 Å². The van der Waals surface area contributed by atoms with Gasteiger partial charge in [-0.1, -0.05) is 107 Å². The maximum absolute atomic E-state index is 13.6. The molecule has 0 radical (unpaired) electrons. The molecule has 0 saturated heterocycles. The Kier molecular flexibility index (Phi) is 12.2. The van der Waals surface area contributed by atoms with E-state index in [1.807, 2.05) is 19.1 Å². The molecule has 0 bridgehead atoms. The molecule has 0 aliphatic heterocycles. The van der Waals surface area contributed by atoms with Crippen molar-refractivity contribution in [1.29, 1.82) is 0 Å². The summed E-state index contributed by atoms with van der Waals surface area (Å²) in [6.45, 7) is 4.28. The summed E-state index contributed by atoms with van der Waals surface area (Å²) < 4.78 is 13.6. The fourth-order valence-corrected chi connectivity index (χ4v) is 3.90. The third-order valence-corrected chi connectivity index (χ3v) is 5.84. The molecule has 164 valence electrons. The molecule has 2 aromatic carbocycles. The minimum absolute atomic E-state index is 0.0303. The van der Waals surface area contributed by atoms with Crippen LogP contribution >= 0.6 is 0 Å². The second-order valence-corrected chi connectivity index (χ2v) is 8.62. The fourth-order valence-electron chi connectivity index (χ4n) is 3.90. The van der Waals surface area contributed by atoms with Crippen molar-refractivity contribution in [1.82, 2.24) is 0 Å². The number of allylic oxidation sites excluding steroid dienone is 1. The molecule has 0 heterocycles. The lowest BCUT2D eigenvalue weighted by Crippen LogP contribution is -1.93. The molecule has 0 N–H and O–H groups in total. The van der Waals surface area contributed by atoms with Crippen molar-refractivity contribution in [3.8, 4) is 0 Å². The normalized spacial score (nSPS) is 11.8. The van der Waals surface area contributed by atoms with Crippen molar-refractivity contribution in [2.45, 2.75) is 97.3 Å². The first-order valence-corrected chi connectivity index (χ1v) is 12.2. The zero-order valence-corrected chi connectivity index (χ0v) is 19.3. The van der Waals surface area contributed by atoms with Gasteiger partial charge in [0.15, 0.2) is 0 Å². The largest absolute Gasteiger partial charge is 0.212 e. The van der Waals surface area contributed by atoms with Crippen molar-refractivity contribution < 1.29 is 4.39 Å². The lowest BCUT2D eigenvalue weighted by molar-refractivity contribution is 0.575. The quantitative estimate of drug-likeness (QED) is 0.258. The van der Waals surface area contributed by atoms with Gasteiger partial charge in [-0.2, -0.15) is 0 Å². The van der Waals surface area contributed by atoms with Gasteiger partial charge in [0.25, 0.3) is 0 Å². The third kappa shape index (κ3) is 10.2. The topological polar surface area (TPSA) is 0 Å². The van der Waals surface area contributed by atoms with E-state index in [-0.39, 0.29) is 5.83 Å². The molecule has 0 aromatic heterocycles. The Morgan fingerprint density at radius 2 is 1.07 bits per heavy atom. The van der Waals surface area contributed by atoms with Crippen molar-refractivity contribution in [3.63, 3.8) is 0 Å². The predicted molar refractivity (Wildman–Crippen MR) is 131 cm³/mol. The molecule has 0 fully saturated rings. The maximum Gasteiger partial charge on any atom is 0.100 e. The molecule has 1 heteroatoms. The summed E-state index contributed by atoms with van der Waals surface area (Å²) in [6.07, 6.45) is 17.3. The van der Waals surface area contributed by atoms with Crippen LogP contribution in [-0.4, -0.2) is 0 Å². The molecular weight excluding hydrogens is 367 g/mol. The molecule has 2 rings (SSSR count). The highest BCUT2D eigenvalue weighted by molar-refractivity contribution is 5.51. The highest BCUT2D eigenvalue weighted by atomic mass is 19.1. The molecule has 0 saturated carbocycles. The van der Waals surface area contributed by atoms with Gasteiger partial charge in [-0.15, -0.1) is 0 Å². The van der Waals surface area contributed by atoms with Crippen LogP contribution in [0.4, 0.5) is 4.39 Å². The number of hydrogen-bond acceptors (Lipinski definition) is 0. The molecule has 0 nitrogen and oxygen atoms in total. The maximum atomic E-state index is 13.6. The molecule has 0 amide bonds. The highest BCUT2D eigenvalue weighted by Crippen LogP contribution is 2.16. The van der Waals surface area contributed by atoms with E-state index in [2.05, 4.69) is 43.3 Å². The Morgan fingerprint density at radius 3 is 1.60 bits per heavy atom. The molecule has 0 spiro atoms. The Balaban J connectivity index is 1.66. The number of aryl methyl sites for hydroxylation is 3. The Hall–Kier alpha value is -1.89. The van der Waals surface area contributed by atoms with E-state index in [4.69, 9.17) is 0 Å². The number of unbranched alkanes of at least 4 members (excludes halogenated alkanes) is 7. The summed E-state index contributed by atoms with van der Waals surface area (Å²) in [4.78, 5) is 0. The van der Waals surface area contributed by atoms with Crippen LogP contribution in [0, 0.1) is 0 Å². The van der Waals surface area contributed by atoms with Crippen LogP contribution in [0.15, 0.2) is 54.4 Å². The van der Waals surface area contributed by atoms with E-state index in [1.165, 1.54) is 74.5 Å². The second kappa shape index (κ2) is 15.0. The van der Waals surface area contributed by atoms with Gasteiger partial charge in [0.2, 0.25) is 0 Å². The minimum Gasteiger partial charge on any atom is -0.212 e. The highest BCUT2D eigenvalue weighted by Gasteiger charge is 2.00. The van der Waals surface area contributed by atoms with Crippen LogP contribution in [0.5, 0.6) is 0 Å². The first kappa shape index (κ1) is 24.4. The Bertz CT molecular complexity index is 709. The molecule has 2 aromatic rings. The van der Waals surface area contributed by atoms with Crippen LogP contribution in [0.2, 0.25) is 0 Å². The molecule has 30 heavy (non-hydrogen) atoms. The third-order valence-electron chi connectivity index (χ3n) is 5.84. The summed E-state index contributed by atoms with van der Waals surface area (Å²) in [5.74, 6) is -0.0303. The first-order chi connectivity index (χ1) is 14.7. The van der Waals surface area contributed by atoms with Crippen molar-refractivity contribution in [3.05, 3.63) is 76.6 Å². The summed E-state index contributed by atoms with van der Waals surface area (Å²) in [5, 5.41) is 0. The number of rotatable bonds is 15. The molecule has 0 unspecified atom stereocenters. The molecule has 0 aliphatic carbocycles. The average Bonchev–Trinajstić information content (AvgIpc) is 2.76. The van der Waals surface area contributed by atoms with Crippen LogP contribution in [0.25, 0.3) is 6.08 Å². The van der Waals surface area contributed by atoms with E-state index in [9.17, 15) is 4.39 Å². The summed E-state index contributed by atoms with van der Waals surface area (Å²) >= 11 is 0. The monoisotopic (exact) mass is 408 g/mol. The zero-order valence-electron chi connectivity index (χ0n) is 19.3. The van der Waals surface area contributed by atoms with Gasteiger partial charge in [-0.3, -0.25) is 0 Å². The summed E-state index contributed by atoms with van der Waals surface area (Å²) in [5.41, 5.74) is 5.13. The van der Waals surface area contributed by atoms with Gasteiger partial charge >= 0.3 is 0 Å². The standard InChI is InChI=1S/C29H41F/c1-3-5-6-7-8-9-10-11-13-25-14-16-26(17-15-25)18-19-27-20-22-28(23-21-27)24-29(30)12-4-2/h14-17,20-24H,3-13,18-19H2,1-2H3. The Labute approximate surface area is 184 Å². The minimum atomic E-state index is -0.0303. The van der Waals surface area contributed by atoms with Crippen LogP contribution in [0.1, 0.15) is 100 Å². The summed E-state index contributed by atoms with van der Waals surface area (Å²) in [6, 6.07) is 17.5. The SMILES string of the molecule is CCCCCCCCCCc1ccc(CCc2ccc(C=C(F)CCC)cc2)cc1. The zero-order chi connectivity index (χ0) is 21.4. The van der Waals surface area contributed by atoms with Crippen LogP contribution < -0.4 is 0 Å². The van der Waals surface area contributed by atoms with E-state index in [0.717, 1.165) is 24.8 Å². The molecule has 0 aliphatic rings. The first-order valence-electron chi connectivity index (χ1n) is 12.2. The lowest BCUT2D eigenvalue weighted by Gasteiger charge is -2.06. The second-order valence-electron chi connectivity index (χ2n) is 8.62. The molecular formula is C29H41F. The summed E-state index contributed by atoms with van der Waals surface area (Å²) in [7, 11) is 0. The predicted octanol–water partition coefficient (Wildman–Crippen LogP) is 9.27. The van der Waals surface area contributed by atoms with Crippen LogP contribution in [0.3, 0.4) is 0 Å². The number of halogens is 1. The van der Waals surface area contributed by atoms with Crippen LogP contribution in [-0.2, 0) is 19.3 Å². The fraction of sp³-hybridized carbons (Fsp3) is 0.517. The number of hydrogen-bond donors (Lipinski definition) is 0. The number of benzene rings is 2. The van der Waals surface area contributed by atoms with Crippen molar-refractivity contribution in [2.75, 3.05) is 0 Å². The van der Waals surface area contributed by atoms with Crippen molar-refractivity contribution in [2.24, 2.45) is 0 Å². The van der Waals surface area contributed by atoms with E-state index in [0.29, 0.717) is 6.42 Å². The van der Waals surface area contributed by atoms with Gasteiger partial charge in [0.05, 0.1) is 0 Å². The molecule has 0 atom stereocenters. The lowest BCUT2D eigenvalue weighted by atomic mass is 10.00. The van der Waals surface area contributed by atoms with Gasteiger partial charge in [-0.05, 0) is 66.9 Å². The van der Waals surface area contributed by atoms with Gasteiger partial charge in [0.1, 0.15) is 5.83 Å². The van der Waals surface area contributed by atoms with E-state index in [1.54, 1.807) is 6.08 Å². The van der Waals surface area contributed by atoms with Gasteiger partial charge in [-0.25, -0.2) is 4.39 Å². The Morgan fingerprint density at radius 1 is 0.600 bits per heavy atom. The van der Waals surface area contributed by atoms with E-state index < -0.39 is 0 Å². The van der Waals surface area contributed by atoms with Crippen molar-refractivity contribution >= 4 is 6.08 Å². The average molecular weight is 409 g/mol. The van der Waals surface area contributed by atoms with E-state index >= 15 is 0 Å². The van der Waals surface area contributed by atoms with Gasteiger partial charge < -0.3 is 0 Å².